The average Bonchev–Trinajstić information content (AvgIpc) is 3.07. The first kappa shape index (κ1) is 16.5. The summed E-state index contributed by atoms with van der Waals surface area (Å²) in [6, 6.07) is 14.5. The summed E-state index contributed by atoms with van der Waals surface area (Å²) in [7, 11) is 0. The number of H-pyrrole nitrogens is 1. The Morgan fingerprint density at radius 3 is 2.65 bits per heavy atom. The van der Waals surface area contributed by atoms with E-state index in [1.165, 1.54) is 5.56 Å². The minimum absolute atomic E-state index is 0.200. The molecule has 2 aromatic heterocycles. The van der Waals surface area contributed by atoms with Crippen LogP contribution in [0, 0.1) is 0 Å². The Morgan fingerprint density at radius 2 is 1.96 bits per heavy atom. The average molecular weight is 349 g/mol. The van der Waals surface area contributed by atoms with Gasteiger partial charge in [-0.1, -0.05) is 37.3 Å². The first-order chi connectivity index (χ1) is 12.7. The number of hydrogen-bond donors (Lipinski definition) is 3. The fourth-order valence-electron chi connectivity index (χ4n) is 3.00. The van der Waals surface area contributed by atoms with Crippen molar-refractivity contribution in [3.8, 4) is 0 Å². The molecule has 4 rings (SSSR count). The lowest BCUT2D eigenvalue weighted by atomic mass is 10.1. The molecule has 0 saturated carbocycles. The van der Waals surface area contributed by atoms with Crippen molar-refractivity contribution in [3.63, 3.8) is 0 Å². The van der Waals surface area contributed by atoms with Crippen LogP contribution in [0.25, 0.3) is 0 Å². The van der Waals surface area contributed by atoms with Gasteiger partial charge in [-0.15, -0.1) is 0 Å². The van der Waals surface area contributed by atoms with Gasteiger partial charge in [-0.3, -0.25) is 5.10 Å². The first-order valence-corrected chi connectivity index (χ1v) is 8.93. The van der Waals surface area contributed by atoms with E-state index >= 15 is 0 Å². The van der Waals surface area contributed by atoms with E-state index in [9.17, 15) is 0 Å². The lowest BCUT2D eigenvalue weighted by Gasteiger charge is -2.37. The summed E-state index contributed by atoms with van der Waals surface area (Å²) in [6.45, 7) is 3.67. The Morgan fingerprint density at radius 1 is 1.15 bits per heavy atom. The molecule has 7 nitrogen and oxygen atoms in total. The molecule has 7 heteroatoms. The van der Waals surface area contributed by atoms with Crippen molar-refractivity contribution in [3.05, 3.63) is 59.4 Å². The van der Waals surface area contributed by atoms with Crippen molar-refractivity contribution in [2.75, 3.05) is 23.3 Å². The molecular formula is C19H23N7. The maximum atomic E-state index is 5.92. The number of aromatic nitrogens is 4. The molecule has 0 spiro atoms. The second kappa shape index (κ2) is 7.13. The molecule has 0 amide bonds. The van der Waals surface area contributed by atoms with Crippen molar-refractivity contribution < 1.29 is 0 Å². The standard InChI is InChI=1S/C19H23N7/c1-2-15-9-18(25-24-15)22-17-10-16(8-13-6-4-3-5-7-13)21-19(23-17)26-11-14(20)12-26/h3-7,9-10,14H,2,8,11-12,20H2,1H3,(H2,21,22,23,24,25). The van der Waals surface area contributed by atoms with E-state index in [0.29, 0.717) is 5.95 Å². The number of aryl methyl sites for hydroxylation is 1. The minimum Gasteiger partial charge on any atom is -0.338 e. The van der Waals surface area contributed by atoms with Crippen LogP contribution < -0.4 is 16.0 Å². The summed E-state index contributed by atoms with van der Waals surface area (Å²) in [5, 5.41) is 10.6. The molecule has 0 atom stereocenters. The van der Waals surface area contributed by atoms with E-state index in [0.717, 1.165) is 49.0 Å². The SMILES string of the molecule is CCc1cc(Nc2cc(Cc3ccccc3)nc(N3CC(N)C3)n2)n[nH]1. The third kappa shape index (κ3) is 3.67. The monoisotopic (exact) mass is 349 g/mol. The minimum atomic E-state index is 0.200. The molecule has 3 heterocycles. The second-order valence-electron chi connectivity index (χ2n) is 6.63. The largest absolute Gasteiger partial charge is 0.338 e. The summed E-state index contributed by atoms with van der Waals surface area (Å²) in [6.07, 6.45) is 1.67. The van der Waals surface area contributed by atoms with Gasteiger partial charge < -0.3 is 16.0 Å². The number of nitrogens with two attached hydrogens (primary N) is 1. The van der Waals surface area contributed by atoms with Gasteiger partial charge in [0, 0.05) is 43.4 Å². The second-order valence-corrected chi connectivity index (χ2v) is 6.63. The maximum absolute atomic E-state index is 5.92. The predicted octanol–water partition coefficient (Wildman–Crippen LogP) is 2.24. The Bertz CT molecular complexity index is 869. The van der Waals surface area contributed by atoms with Crippen molar-refractivity contribution in [1.29, 1.82) is 0 Å². The molecule has 1 saturated heterocycles. The molecule has 4 N–H and O–H groups in total. The maximum Gasteiger partial charge on any atom is 0.227 e. The molecule has 3 aromatic rings. The number of nitrogens with zero attached hydrogens (tertiary/aromatic N) is 4. The highest BCUT2D eigenvalue weighted by atomic mass is 15.3. The zero-order chi connectivity index (χ0) is 17.9. The van der Waals surface area contributed by atoms with E-state index in [1.807, 2.05) is 30.3 Å². The fraction of sp³-hybridized carbons (Fsp3) is 0.316. The summed E-state index contributed by atoms with van der Waals surface area (Å²) in [5.41, 5.74) is 9.19. The topological polar surface area (TPSA) is 95.8 Å². The fourth-order valence-corrected chi connectivity index (χ4v) is 3.00. The van der Waals surface area contributed by atoms with Gasteiger partial charge in [-0.05, 0) is 12.0 Å². The van der Waals surface area contributed by atoms with Crippen LogP contribution in [-0.2, 0) is 12.8 Å². The number of nitrogens with one attached hydrogen (secondary N) is 2. The van der Waals surface area contributed by atoms with Gasteiger partial charge >= 0.3 is 0 Å². The number of aromatic amines is 1. The predicted molar refractivity (Wildman–Crippen MR) is 103 cm³/mol. The highest BCUT2D eigenvalue weighted by molar-refractivity contribution is 5.55. The van der Waals surface area contributed by atoms with Gasteiger partial charge in [0.15, 0.2) is 5.82 Å². The zero-order valence-electron chi connectivity index (χ0n) is 14.8. The lowest BCUT2D eigenvalue weighted by molar-refractivity contribution is 0.508. The summed E-state index contributed by atoms with van der Waals surface area (Å²) in [4.78, 5) is 11.5. The van der Waals surface area contributed by atoms with Crippen LogP contribution >= 0.6 is 0 Å². The van der Waals surface area contributed by atoms with Gasteiger partial charge in [0.05, 0.1) is 5.69 Å². The van der Waals surface area contributed by atoms with Crippen LogP contribution in [0.2, 0.25) is 0 Å². The number of hydrogen-bond acceptors (Lipinski definition) is 6. The summed E-state index contributed by atoms with van der Waals surface area (Å²) in [5.74, 6) is 2.22. The van der Waals surface area contributed by atoms with Gasteiger partial charge in [0.25, 0.3) is 0 Å². The van der Waals surface area contributed by atoms with Crippen molar-refractivity contribution >= 4 is 17.6 Å². The highest BCUT2D eigenvalue weighted by Gasteiger charge is 2.26. The van der Waals surface area contributed by atoms with Crippen molar-refractivity contribution in [2.24, 2.45) is 5.73 Å². The molecule has 0 unspecified atom stereocenters. The lowest BCUT2D eigenvalue weighted by Crippen LogP contribution is -2.56. The van der Waals surface area contributed by atoms with E-state index in [2.05, 4.69) is 44.5 Å². The molecular weight excluding hydrogens is 326 g/mol. The molecule has 1 aromatic carbocycles. The number of rotatable bonds is 6. The summed E-state index contributed by atoms with van der Waals surface area (Å²) >= 11 is 0. The Hall–Kier alpha value is -2.93. The van der Waals surface area contributed by atoms with Crippen molar-refractivity contribution in [2.45, 2.75) is 25.8 Å². The number of benzene rings is 1. The third-order valence-electron chi connectivity index (χ3n) is 4.46. The Kier molecular flexibility index (Phi) is 4.53. The molecule has 1 fully saturated rings. The first-order valence-electron chi connectivity index (χ1n) is 8.93. The van der Waals surface area contributed by atoms with E-state index in [1.54, 1.807) is 0 Å². The zero-order valence-corrected chi connectivity index (χ0v) is 14.8. The normalized spacial score (nSPS) is 14.3. The molecule has 1 aliphatic heterocycles. The quantitative estimate of drug-likeness (QED) is 0.632. The van der Waals surface area contributed by atoms with E-state index < -0.39 is 0 Å². The van der Waals surface area contributed by atoms with Gasteiger partial charge in [0.2, 0.25) is 5.95 Å². The van der Waals surface area contributed by atoms with E-state index in [-0.39, 0.29) is 6.04 Å². The van der Waals surface area contributed by atoms with Crippen LogP contribution in [0.1, 0.15) is 23.9 Å². The van der Waals surface area contributed by atoms with Gasteiger partial charge in [0.1, 0.15) is 5.82 Å². The molecule has 0 radical (unpaired) electrons. The van der Waals surface area contributed by atoms with Crippen LogP contribution in [0.5, 0.6) is 0 Å². The Labute approximate surface area is 152 Å². The van der Waals surface area contributed by atoms with Crippen LogP contribution in [0.3, 0.4) is 0 Å². The van der Waals surface area contributed by atoms with Crippen LogP contribution in [0.4, 0.5) is 17.6 Å². The molecule has 134 valence electrons. The van der Waals surface area contributed by atoms with Gasteiger partial charge in [-0.2, -0.15) is 10.1 Å². The van der Waals surface area contributed by atoms with Gasteiger partial charge in [-0.25, -0.2) is 4.98 Å². The molecule has 0 aliphatic carbocycles. The highest BCUT2D eigenvalue weighted by Crippen LogP contribution is 2.22. The van der Waals surface area contributed by atoms with Crippen LogP contribution in [0.15, 0.2) is 42.5 Å². The van der Waals surface area contributed by atoms with Crippen LogP contribution in [-0.4, -0.2) is 39.3 Å². The molecule has 26 heavy (non-hydrogen) atoms. The third-order valence-corrected chi connectivity index (χ3v) is 4.46. The smallest absolute Gasteiger partial charge is 0.227 e. The molecule has 1 aliphatic rings. The number of anilines is 3. The van der Waals surface area contributed by atoms with E-state index in [4.69, 9.17) is 10.7 Å². The van der Waals surface area contributed by atoms with Crippen molar-refractivity contribution in [1.82, 2.24) is 20.2 Å². The summed E-state index contributed by atoms with van der Waals surface area (Å²) < 4.78 is 0. The molecule has 0 bridgehead atoms. The Balaban J connectivity index is 1.61.